The van der Waals surface area contributed by atoms with E-state index >= 15 is 0 Å². The molecule has 2 aromatic rings. The maximum Gasteiger partial charge on any atom is 0.287 e. The second kappa shape index (κ2) is 9.33. The van der Waals surface area contributed by atoms with Gasteiger partial charge in [0.2, 0.25) is 0 Å². The summed E-state index contributed by atoms with van der Waals surface area (Å²) in [7, 11) is 2.07. The van der Waals surface area contributed by atoms with Crippen molar-refractivity contribution in [3.8, 4) is 5.75 Å². The zero-order valence-corrected chi connectivity index (χ0v) is 18.6. The van der Waals surface area contributed by atoms with Gasteiger partial charge in [0.05, 0.1) is 15.1 Å². The van der Waals surface area contributed by atoms with E-state index in [4.69, 9.17) is 67.2 Å². The van der Waals surface area contributed by atoms with Crippen molar-refractivity contribution >= 4 is 63.9 Å². The van der Waals surface area contributed by atoms with Gasteiger partial charge in [0, 0.05) is 6.04 Å². The maximum absolute atomic E-state index is 12.4. The van der Waals surface area contributed by atoms with Crippen LogP contribution in [0.3, 0.4) is 0 Å². The quantitative estimate of drug-likeness (QED) is 0.419. The SMILES string of the molecule is CN1CCC(NC(=O)c2ccc(COc3c(Cl)c(Cl)c(Cl)c(Cl)c3Cl)o2)CC1. The van der Waals surface area contributed by atoms with Crippen LogP contribution in [0.2, 0.25) is 25.1 Å². The van der Waals surface area contributed by atoms with E-state index in [-0.39, 0.29) is 55.2 Å². The highest BCUT2D eigenvalue weighted by atomic mass is 35.5. The number of rotatable bonds is 5. The Labute approximate surface area is 187 Å². The van der Waals surface area contributed by atoms with Crippen molar-refractivity contribution in [2.45, 2.75) is 25.5 Å². The third-order valence-electron chi connectivity index (χ3n) is 4.47. The highest BCUT2D eigenvalue weighted by molar-refractivity contribution is 6.55. The molecule has 0 spiro atoms. The number of carbonyl (C=O) groups is 1. The van der Waals surface area contributed by atoms with E-state index in [9.17, 15) is 4.79 Å². The number of hydrogen-bond donors (Lipinski definition) is 1. The van der Waals surface area contributed by atoms with E-state index < -0.39 is 0 Å². The first kappa shape index (κ1) is 21.9. The molecule has 0 atom stereocenters. The zero-order valence-electron chi connectivity index (χ0n) is 14.8. The van der Waals surface area contributed by atoms with Crippen LogP contribution in [-0.4, -0.2) is 37.0 Å². The maximum atomic E-state index is 12.4. The Morgan fingerprint density at radius 3 is 2.25 bits per heavy atom. The minimum Gasteiger partial charge on any atom is -0.482 e. The molecule has 0 unspecified atom stereocenters. The Kier molecular flexibility index (Phi) is 7.29. The van der Waals surface area contributed by atoms with Crippen LogP contribution in [-0.2, 0) is 6.61 Å². The highest BCUT2D eigenvalue weighted by Crippen LogP contribution is 2.48. The van der Waals surface area contributed by atoms with Crippen LogP contribution < -0.4 is 10.1 Å². The van der Waals surface area contributed by atoms with Crippen molar-refractivity contribution in [2.24, 2.45) is 0 Å². The smallest absolute Gasteiger partial charge is 0.287 e. The molecule has 152 valence electrons. The first-order valence-corrected chi connectivity index (χ1v) is 10.4. The first-order valence-electron chi connectivity index (χ1n) is 8.50. The number of hydrogen-bond acceptors (Lipinski definition) is 4. The topological polar surface area (TPSA) is 54.7 Å². The largest absolute Gasteiger partial charge is 0.482 e. The molecule has 3 rings (SSSR count). The van der Waals surface area contributed by atoms with Crippen LogP contribution in [0.4, 0.5) is 0 Å². The van der Waals surface area contributed by atoms with E-state index in [1.54, 1.807) is 12.1 Å². The van der Waals surface area contributed by atoms with Gasteiger partial charge in [-0.2, -0.15) is 0 Å². The lowest BCUT2D eigenvalue weighted by molar-refractivity contribution is 0.0884. The summed E-state index contributed by atoms with van der Waals surface area (Å²) in [5.74, 6) is 0.468. The molecule has 28 heavy (non-hydrogen) atoms. The molecule has 0 radical (unpaired) electrons. The van der Waals surface area contributed by atoms with Crippen LogP contribution in [0.15, 0.2) is 16.5 Å². The molecule has 1 N–H and O–H groups in total. The van der Waals surface area contributed by atoms with Crippen molar-refractivity contribution in [3.63, 3.8) is 0 Å². The van der Waals surface area contributed by atoms with Crippen molar-refractivity contribution in [1.29, 1.82) is 0 Å². The van der Waals surface area contributed by atoms with E-state index in [0.717, 1.165) is 25.9 Å². The van der Waals surface area contributed by atoms with Gasteiger partial charge in [0.1, 0.15) is 22.4 Å². The fraction of sp³-hybridized carbons (Fsp3) is 0.389. The van der Waals surface area contributed by atoms with Gasteiger partial charge in [-0.3, -0.25) is 4.79 Å². The van der Waals surface area contributed by atoms with Crippen molar-refractivity contribution < 1.29 is 13.9 Å². The van der Waals surface area contributed by atoms with Crippen molar-refractivity contribution in [3.05, 3.63) is 48.8 Å². The lowest BCUT2D eigenvalue weighted by Crippen LogP contribution is -2.43. The van der Waals surface area contributed by atoms with Gasteiger partial charge < -0.3 is 19.4 Å². The predicted octanol–water partition coefficient (Wildman–Crippen LogP) is 5.95. The Morgan fingerprint density at radius 2 is 1.64 bits per heavy atom. The van der Waals surface area contributed by atoms with Crippen LogP contribution in [0.1, 0.15) is 29.2 Å². The fourth-order valence-electron chi connectivity index (χ4n) is 2.84. The minimum atomic E-state index is -0.255. The summed E-state index contributed by atoms with van der Waals surface area (Å²) >= 11 is 30.3. The van der Waals surface area contributed by atoms with Crippen LogP contribution in [0.25, 0.3) is 0 Å². The average Bonchev–Trinajstić information content (AvgIpc) is 3.16. The molecule has 2 heterocycles. The molecule has 0 saturated carbocycles. The second-order valence-corrected chi connectivity index (χ2v) is 8.39. The van der Waals surface area contributed by atoms with Gasteiger partial charge in [0.15, 0.2) is 11.5 Å². The number of ether oxygens (including phenoxy) is 1. The van der Waals surface area contributed by atoms with Gasteiger partial charge in [-0.15, -0.1) is 0 Å². The summed E-state index contributed by atoms with van der Waals surface area (Å²) in [4.78, 5) is 14.6. The molecular weight excluding hydrogens is 469 g/mol. The van der Waals surface area contributed by atoms with E-state index in [0.29, 0.717) is 5.76 Å². The Bertz CT molecular complexity index is 849. The number of carbonyl (C=O) groups excluding carboxylic acids is 1. The molecule has 5 nitrogen and oxygen atoms in total. The van der Waals surface area contributed by atoms with Gasteiger partial charge in [-0.05, 0) is 45.1 Å². The first-order chi connectivity index (χ1) is 13.3. The average molecular weight is 487 g/mol. The van der Waals surface area contributed by atoms with Gasteiger partial charge >= 0.3 is 0 Å². The number of benzene rings is 1. The minimum absolute atomic E-state index is 0.0186. The van der Waals surface area contributed by atoms with Crippen LogP contribution >= 0.6 is 58.0 Å². The van der Waals surface area contributed by atoms with Crippen LogP contribution in [0.5, 0.6) is 5.75 Å². The molecular formula is C18H17Cl5N2O3. The third kappa shape index (κ3) is 4.84. The summed E-state index contributed by atoms with van der Waals surface area (Å²) < 4.78 is 11.2. The number of nitrogens with zero attached hydrogens (tertiary/aromatic N) is 1. The van der Waals surface area contributed by atoms with Crippen molar-refractivity contribution in [1.82, 2.24) is 10.2 Å². The Balaban J connectivity index is 1.63. The van der Waals surface area contributed by atoms with Crippen LogP contribution in [0, 0.1) is 0 Å². The van der Waals surface area contributed by atoms with E-state index in [2.05, 4.69) is 17.3 Å². The standard InChI is InChI=1S/C18H17Cl5N2O3/c1-25-6-4-9(5-7-25)24-18(26)11-3-2-10(28-11)8-27-17-15(22)13(20)12(19)14(21)16(17)23/h2-3,9H,4-8H2,1H3,(H,24,26). The van der Waals surface area contributed by atoms with E-state index in [1.165, 1.54) is 0 Å². The summed E-state index contributed by atoms with van der Waals surface area (Å²) in [6.07, 6.45) is 1.82. The molecule has 10 heteroatoms. The molecule has 1 fully saturated rings. The zero-order chi connectivity index (χ0) is 20.4. The number of likely N-dealkylation sites (tertiary alicyclic amines) is 1. The number of amides is 1. The molecule has 1 saturated heterocycles. The Morgan fingerprint density at radius 1 is 1.07 bits per heavy atom. The second-order valence-electron chi connectivity index (χ2n) is 6.50. The lowest BCUT2D eigenvalue weighted by Gasteiger charge is -2.29. The molecule has 0 aliphatic carbocycles. The number of furan rings is 1. The molecule has 1 aliphatic heterocycles. The van der Waals surface area contributed by atoms with Crippen molar-refractivity contribution in [2.75, 3.05) is 20.1 Å². The fourth-order valence-corrected chi connectivity index (χ4v) is 4.07. The predicted molar refractivity (Wildman–Crippen MR) is 113 cm³/mol. The summed E-state index contributed by atoms with van der Waals surface area (Å²) in [5.41, 5.74) is 0. The number of piperidine rings is 1. The molecule has 1 aromatic carbocycles. The van der Waals surface area contributed by atoms with Gasteiger partial charge in [0.25, 0.3) is 5.91 Å². The number of nitrogens with one attached hydrogen (secondary N) is 1. The van der Waals surface area contributed by atoms with Gasteiger partial charge in [-0.25, -0.2) is 0 Å². The molecule has 1 aliphatic rings. The monoisotopic (exact) mass is 484 g/mol. The summed E-state index contributed by atoms with van der Waals surface area (Å²) in [6.45, 7) is 1.89. The molecule has 0 bridgehead atoms. The summed E-state index contributed by atoms with van der Waals surface area (Å²) in [6, 6.07) is 3.38. The Hall–Kier alpha value is -0.820. The highest BCUT2D eigenvalue weighted by Gasteiger charge is 2.22. The summed E-state index contributed by atoms with van der Waals surface area (Å²) in [5, 5.41) is 3.23. The third-order valence-corrected chi connectivity index (χ3v) is 6.71. The lowest BCUT2D eigenvalue weighted by atomic mass is 10.1. The number of halogens is 5. The molecule has 1 amide bonds. The van der Waals surface area contributed by atoms with Gasteiger partial charge in [-0.1, -0.05) is 58.0 Å². The normalized spacial score (nSPS) is 15.6. The van der Waals surface area contributed by atoms with E-state index in [1.807, 2.05) is 0 Å². The molecule has 1 aromatic heterocycles.